The molecule has 124 valence electrons. The van der Waals surface area contributed by atoms with Crippen LogP contribution in [0.3, 0.4) is 0 Å². The summed E-state index contributed by atoms with van der Waals surface area (Å²) in [6.45, 7) is 0.272. The summed E-state index contributed by atoms with van der Waals surface area (Å²) in [4.78, 5) is 11.9. The van der Waals surface area contributed by atoms with Gasteiger partial charge < -0.3 is 19.2 Å². The zero-order valence-corrected chi connectivity index (χ0v) is 13.4. The Labute approximate surface area is 140 Å². The predicted molar refractivity (Wildman–Crippen MR) is 90.9 cm³/mol. The number of hydrogen-bond donors (Lipinski definition) is 1. The third-order valence-corrected chi connectivity index (χ3v) is 3.64. The van der Waals surface area contributed by atoms with E-state index in [1.165, 1.54) is 0 Å². The van der Waals surface area contributed by atoms with Crippen LogP contribution in [0.5, 0.6) is 5.75 Å². The molecule has 24 heavy (non-hydrogen) atoms. The van der Waals surface area contributed by atoms with E-state index in [1.807, 2.05) is 48.5 Å². The molecule has 0 fully saturated rings. The number of nitrogens with one attached hydrogen (secondary N) is 1. The van der Waals surface area contributed by atoms with Crippen LogP contribution in [0.4, 0.5) is 0 Å². The lowest BCUT2D eigenvalue weighted by molar-refractivity contribution is -0.123. The number of ether oxygens (including phenoxy) is 2. The molecule has 3 aromatic rings. The molecular weight excluding hydrogens is 306 g/mol. The van der Waals surface area contributed by atoms with Crippen LogP contribution in [0.15, 0.2) is 65.1 Å². The Hall–Kier alpha value is -2.79. The van der Waals surface area contributed by atoms with Crippen molar-refractivity contribution < 1.29 is 18.7 Å². The van der Waals surface area contributed by atoms with Gasteiger partial charge in [0.15, 0.2) is 6.61 Å². The number of hydrogen-bond acceptors (Lipinski definition) is 4. The van der Waals surface area contributed by atoms with Gasteiger partial charge in [0.1, 0.15) is 23.2 Å². The normalized spacial score (nSPS) is 12.0. The van der Waals surface area contributed by atoms with E-state index in [0.717, 1.165) is 11.0 Å². The molecule has 1 atom stereocenters. The number of benzene rings is 2. The van der Waals surface area contributed by atoms with Gasteiger partial charge in [0.2, 0.25) is 0 Å². The minimum atomic E-state index is -0.349. The molecule has 0 radical (unpaired) electrons. The molecule has 0 spiro atoms. The van der Waals surface area contributed by atoms with Crippen molar-refractivity contribution in [2.45, 2.75) is 6.10 Å². The third-order valence-electron chi connectivity index (χ3n) is 3.64. The fourth-order valence-electron chi connectivity index (χ4n) is 2.38. The average Bonchev–Trinajstić information content (AvgIpc) is 3.05. The molecule has 0 saturated carbocycles. The SMILES string of the molecule is CO[C@@H](CNC(=O)COc1ccccc1)c1cc2ccccc2o1. The Morgan fingerprint density at radius 2 is 1.88 bits per heavy atom. The second-order valence-electron chi connectivity index (χ2n) is 5.32. The van der Waals surface area contributed by atoms with Crippen molar-refractivity contribution in [2.75, 3.05) is 20.3 Å². The van der Waals surface area contributed by atoms with Crippen molar-refractivity contribution in [3.05, 3.63) is 66.4 Å². The first-order chi connectivity index (χ1) is 11.8. The van der Waals surface area contributed by atoms with Crippen LogP contribution in [0.2, 0.25) is 0 Å². The molecule has 5 nitrogen and oxygen atoms in total. The maximum atomic E-state index is 11.9. The van der Waals surface area contributed by atoms with Crippen molar-refractivity contribution in [2.24, 2.45) is 0 Å². The molecule has 5 heteroatoms. The molecule has 1 heterocycles. The van der Waals surface area contributed by atoms with Gasteiger partial charge in [0.25, 0.3) is 5.91 Å². The van der Waals surface area contributed by atoms with Crippen molar-refractivity contribution in [3.8, 4) is 5.75 Å². The molecule has 3 rings (SSSR count). The van der Waals surface area contributed by atoms with E-state index in [-0.39, 0.29) is 18.6 Å². The van der Waals surface area contributed by atoms with Gasteiger partial charge in [-0.15, -0.1) is 0 Å². The summed E-state index contributed by atoms with van der Waals surface area (Å²) in [5.74, 6) is 1.13. The van der Waals surface area contributed by atoms with Crippen LogP contribution in [0.25, 0.3) is 11.0 Å². The Bertz CT molecular complexity index is 764. The zero-order valence-electron chi connectivity index (χ0n) is 13.4. The van der Waals surface area contributed by atoms with Crippen molar-refractivity contribution >= 4 is 16.9 Å². The van der Waals surface area contributed by atoms with Gasteiger partial charge in [-0.25, -0.2) is 0 Å². The van der Waals surface area contributed by atoms with Gasteiger partial charge in [-0.1, -0.05) is 36.4 Å². The maximum absolute atomic E-state index is 11.9. The highest BCUT2D eigenvalue weighted by atomic mass is 16.5. The number of furan rings is 1. The van der Waals surface area contributed by atoms with Gasteiger partial charge in [0.05, 0.1) is 6.54 Å². The number of carbonyl (C=O) groups is 1. The van der Waals surface area contributed by atoms with E-state index in [0.29, 0.717) is 18.1 Å². The first-order valence-electron chi connectivity index (χ1n) is 7.72. The second kappa shape index (κ2) is 7.66. The lowest BCUT2D eigenvalue weighted by Gasteiger charge is -2.14. The fourth-order valence-corrected chi connectivity index (χ4v) is 2.38. The van der Waals surface area contributed by atoms with Crippen LogP contribution < -0.4 is 10.1 Å². The molecule has 1 amide bonds. The van der Waals surface area contributed by atoms with E-state index in [4.69, 9.17) is 13.9 Å². The van der Waals surface area contributed by atoms with Gasteiger partial charge in [-0.05, 0) is 24.3 Å². The second-order valence-corrected chi connectivity index (χ2v) is 5.32. The Kier molecular flexibility index (Phi) is 5.13. The molecule has 0 unspecified atom stereocenters. The van der Waals surface area contributed by atoms with Gasteiger partial charge in [-0.3, -0.25) is 4.79 Å². The van der Waals surface area contributed by atoms with Gasteiger partial charge in [-0.2, -0.15) is 0 Å². The minimum absolute atomic E-state index is 0.0411. The summed E-state index contributed by atoms with van der Waals surface area (Å²) in [5, 5.41) is 3.81. The fraction of sp³-hybridized carbons (Fsp3) is 0.211. The topological polar surface area (TPSA) is 60.7 Å². The molecule has 0 aliphatic heterocycles. The summed E-state index contributed by atoms with van der Waals surface area (Å²) in [6.07, 6.45) is -0.349. The average molecular weight is 325 g/mol. The highest BCUT2D eigenvalue weighted by molar-refractivity contribution is 5.78. The van der Waals surface area contributed by atoms with Gasteiger partial charge in [0, 0.05) is 12.5 Å². The van der Waals surface area contributed by atoms with E-state index in [1.54, 1.807) is 19.2 Å². The van der Waals surface area contributed by atoms with Crippen LogP contribution in [0, 0.1) is 0 Å². The summed E-state index contributed by atoms with van der Waals surface area (Å²) >= 11 is 0. The summed E-state index contributed by atoms with van der Waals surface area (Å²) < 4.78 is 16.6. The molecule has 1 N–H and O–H groups in total. The Balaban J connectivity index is 1.54. The monoisotopic (exact) mass is 325 g/mol. The molecule has 0 saturated heterocycles. The quantitative estimate of drug-likeness (QED) is 0.724. The molecule has 0 bridgehead atoms. The largest absolute Gasteiger partial charge is 0.484 e. The first-order valence-corrected chi connectivity index (χ1v) is 7.72. The van der Waals surface area contributed by atoms with Crippen LogP contribution in [-0.2, 0) is 9.53 Å². The van der Waals surface area contributed by atoms with Crippen molar-refractivity contribution in [1.29, 1.82) is 0 Å². The number of carbonyl (C=O) groups excluding carboxylic acids is 1. The van der Waals surface area contributed by atoms with E-state index in [2.05, 4.69) is 5.32 Å². The minimum Gasteiger partial charge on any atom is -0.484 e. The summed E-state index contributed by atoms with van der Waals surface area (Å²) in [6, 6.07) is 18.9. The van der Waals surface area contributed by atoms with Crippen LogP contribution in [-0.4, -0.2) is 26.2 Å². The first kappa shape index (κ1) is 16.1. The molecule has 0 aliphatic carbocycles. The smallest absolute Gasteiger partial charge is 0.258 e. The number of rotatable bonds is 7. The number of methoxy groups -OCH3 is 1. The highest BCUT2D eigenvalue weighted by Gasteiger charge is 2.17. The molecule has 0 aliphatic rings. The van der Waals surface area contributed by atoms with Crippen LogP contribution in [0.1, 0.15) is 11.9 Å². The Morgan fingerprint density at radius 1 is 1.12 bits per heavy atom. The molecular formula is C19H19NO4. The number of para-hydroxylation sites is 2. The number of amides is 1. The van der Waals surface area contributed by atoms with E-state index < -0.39 is 0 Å². The number of fused-ring (bicyclic) bond motifs is 1. The third kappa shape index (κ3) is 3.94. The lowest BCUT2D eigenvalue weighted by atomic mass is 10.2. The van der Waals surface area contributed by atoms with Crippen molar-refractivity contribution in [3.63, 3.8) is 0 Å². The summed E-state index contributed by atoms with van der Waals surface area (Å²) in [5.41, 5.74) is 0.799. The lowest BCUT2D eigenvalue weighted by Crippen LogP contribution is -2.32. The maximum Gasteiger partial charge on any atom is 0.258 e. The van der Waals surface area contributed by atoms with E-state index in [9.17, 15) is 4.79 Å². The molecule has 2 aromatic carbocycles. The van der Waals surface area contributed by atoms with Crippen LogP contribution >= 0.6 is 0 Å². The highest BCUT2D eigenvalue weighted by Crippen LogP contribution is 2.25. The standard InChI is InChI=1S/C19H19NO4/c1-22-18(17-11-14-7-5-6-10-16(14)24-17)12-20-19(21)13-23-15-8-3-2-4-9-15/h2-11,18H,12-13H2,1H3,(H,20,21)/t18-/m0/s1. The van der Waals surface area contributed by atoms with E-state index >= 15 is 0 Å². The molecule has 1 aromatic heterocycles. The predicted octanol–water partition coefficient (Wildman–Crippen LogP) is 3.32. The van der Waals surface area contributed by atoms with Gasteiger partial charge >= 0.3 is 0 Å². The zero-order chi connectivity index (χ0) is 16.8. The summed E-state index contributed by atoms with van der Waals surface area (Å²) in [7, 11) is 1.59. The van der Waals surface area contributed by atoms with Crippen molar-refractivity contribution in [1.82, 2.24) is 5.32 Å². The Morgan fingerprint density at radius 3 is 2.62 bits per heavy atom.